The number of ether oxygens (including phenoxy) is 2. The number of carbonyl (C=O) groups is 2. The molecule has 0 aliphatic carbocycles. The predicted molar refractivity (Wildman–Crippen MR) is 128 cm³/mol. The van der Waals surface area contributed by atoms with Crippen molar-refractivity contribution in [3.63, 3.8) is 0 Å². The molecule has 2 amide bonds. The lowest BCUT2D eigenvalue weighted by Gasteiger charge is -2.33. The zero-order valence-electron chi connectivity index (χ0n) is 20.9. The highest BCUT2D eigenvalue weighted by molar-refractivity contribution is 6.64. The Morgan fingerprint density at radius 3 is 2.24 bits per heavy atom. The number of nitrogens with one attached hydrogen (secondary N) is 1. The maximum Gasteiger partial charge on any atom is 0.496 e. The molecule has 8 nitrogen and oxygen atoms in total. The predicted octanol–water partition coefficient (Wildman–Crippen LogP) is 4.18. The molecule has 0 radical (unpaired) electrons. The molecule has 1 aromatic carbocycles. The average Bonchev–Trinajstić information content (AvgIpc) is 2.93. The van der Waals surface area contributed by atoms with Gasteiger partial charge < -0.3 is 23.7 Å². The van der Waals surface area contributed by atoms with Crippen LogP contribution in [0.3, 0.4) is 0 Å². The lowest BCUT2D eigenvalue weighted by Crippen LogP contribution is -2.42. The van der Waals surface area contributed by atoms with Crippen LogP contribution in [0.1, 0.15) is 61.3 Å². The Balaban J connectivity index is 1.50. The van der Waals surface area contributed by atoms with Crippen LogP contribution in [0.5, 0.6) is 0 Å². The van der Waals surface area contributed by atoms with Gasteiger partial charge in [-0.2, -0.15) is 0 Å². The van der Waals surface area contributed by atoms with E-state index in [-0.39, 0.29) is 12.0 Å². The number of likely N-dealkylation sites (tertiary alicyclic amines) is 1. The first-order chi connectivity index (χ1) is 15.3. The van der Waals surface area contributed by atoms with Crippen molar-refractivity contribution in [3.05, 3.63) is 24.3 Å². The van der Waals surface area contributed by atoms with Crippen LogP contribution in [0.25, 0.3) is 0 Å². The second kappa shape index (κ2) is 9.54. The van der Waals surface area contributed by atoms with E-state index in [2.05, 4.69) is 5.32 Å². The molecule has 2 aliphatic heterocycles. The Labute approximate surface area is 197 Å². The summed E-state index contributed by atoms with van der Waals surface area (Å²) in [5, 5.41) is 2.83. The average molecular weight is 460 g/mol. The van der Waals surface area contributed by atoms with E-state index in [9.17, 15) is 9.59 Å². The smallest absolute Gasteiger partial charge is 0.449 e. The normalized spacial score (nSPS) is 20.5. The van der Waals surface area contributed by atoms with Crippen LogP contribution in [-0.4, -0.2) is 60.7 Å². The van der Waals surface area contributed by atoms with Crippen LogP contribution in [0.15, 0.2) is 24.3 Å². The molecule has 0 saturated carbocycles. The van der Waals surface area contributed by atoms with Crippen LogP contribution in [0.2, 0.25) is 0 Å². The summed E-state index contributed by atoms with van der Waals surface area (Å²) in [6.07, 6.45) is 0.709. The molecule has 3 rings (SSSR count). The number of piperidine rings is 1. The van der Waals surface area contributed by atoms with E-state index in [0.29, 0.717) is 25.4 Å². The Morgan fingerprint density at radius 1 is 1.09 bits per heavy atom. The van der Waals surface area contributed by atoms with E-state index in [1.807, 2.05) is 66.7 Å². The van der Waals surface area contributed by atoms with Crippen molar-refractivity contribution >= 4 is 30.5 Å². The fourth-order valence-electron chi connectivity index (χ4n) is 3.73. The minimum Gasteiger partial charge on any atom is -0.449 e. The van der Waals surface area contributed by atoms with Gasteiger partial charge in [-0.15, -0.1) is 0 Å². The van der Waals surface area contributed by atoms with Crippen LogP contribution in [0.4, 0.5) is 15.3 Å². The van der Waals surface area contributed by atoms with Gasteiger partial charge in [0.05, 0.1) is 17.8 Å². The first-order valence-electron chi connectivity index (χ1n) is 11.6. The van der Waals surface area contributed by atoms with Crippen LogP contribution >= 0.6 is 0 Å². The number of benzene rings is 1. The summed E-state index contributed by atoms with van der Waals surface area (Å²) in [5.74, 6) is 0.202. The van der Waals surface area contributed by atoms with Gasteiger partial charge in [0.2, 0.25) is 0 Å². The van der Waals surface area contributed by atoms with Crippen LogP contribution < -0.4 is 10.8 Å². The van der Waals surface area contributed by atoms with E-state index in [0.717, 1.165) is 18.3 Å². The summed E-state index contributed by atoms with van der Waals surface area (Å²) < 4.78 is 23.2. The minimum absolute atomic E-state index is 0.202. The summed E-state index contributed by atoms with van der Waals surface area (Å²) >= 11 is 0. The summed E-state index contributed by atoms with van der Waals surface area (Å²) in [6.45, 7) is 15.0. The Hall–Kier alpha value is -2.26. The number of rotatable bonds is 4. The van der Waals surface area contributed by atoms with Gasteiger partial charge in [-0.1, -0.05) is 18.2 Å². The van der Waals surface area contributed by atoms with Gasteiger partial charge in [0.1, 0.15) is 5.60 Å². The topological polar surface area (TPSA) is 86.3 Å². The summed E-state index contributed by atoms with van der Waals surface area (Å²) in [6, 6.07) is 7.41. The quantitative estimate of drug-likeness (QED) is 0.679. The van der Waals surface area contributed by atoms with Crippen molar-refractivity contribution in [2.45, 2.75) is 78.1 Å². The fourth-order valence-corrected chi connectivity index (χ4v) is 3.73. The van der Waals surface area contributed by atoms with Crippen molar-refractivity contribution in [1.82, 2.24) is 4.90 Å². The molecule has 1 N–H and O–H groups in total. The van der Waals surface area contributed by atoms with Crippen molar-refractivity contribution < 1.29 is 28.4 Å². The first kappa shape index (κ1) is 25.4. The minimum atomic E-state index is -0.580. The first-order valence-corrected chi connectivity index (χ1v) is 11.6. The zero-order valence-corrected chi connectivity index (χ0v) is 20.9. The van der Waals surface area contributed by atoms with Gasteiger partial charge in [0, 0.05) is 24.2 Å². The molecule has 182 valence electrons. The van der Waals surface area contributed by atoms with Crippen molar-refractivity contribution in [1.29, 1.82) is 0 Å². The molecule has 0 spiro atoms. The van der Waals surface area contributed by atoms with Crippen molar-refractivity contribution in [3.8, 4) is 0 Å². The number of anilines is 1. The highest BCUT2D eigenvalue weighted by Gasteiger charge is 2.52. The third-order valence-corrected chi connectivity index (χ3v) is 6.42. The molecule has 1 aromatic rings. The number of hydrogen-bond acceptors (Lipinski definition) is 6. The second-order valence-corrected chi connectivity index (χ2v) is 10.8. The lowest BCUT2D eigenvalue weighted by atomic mass is 9.78. The summed E-state index contributed by atoms with van der Waals surface area (Å²) in [5.41, 5.74) is -0.107. The van der Waals surface area contributed by atoms with E-state index in [4.69, 9.17) is 18.8 Å². The third-order valence-electron chi connectivity index (χ3n) is 6.42. The molecule has 0 unspecified atom stereocenters. The maximum atomic E-state index is 12.5. The highest BCUT2D eigenvalue weighted by Crippen LogP contribution is 2.37. The van der Waals surface area contributed by atoms with Gasteiger partial charge >= 0.3 is 19.3 Å². The molecule has 2 fully saturated rings. The molecule has 33 heavy (non-hydrogen) atoms. The summed E-state index contributed by atoms with van der Waals surface area (Å²) in [4.78, 5) is 26.4. The van der Waals surface area contributed by atoms with Gasteiger partial charge in [0.25, 0.3) is 0 Å². The molecular formula is C24H37BN2O6. The molecule has 0 aromatic heterocycles. The Kier molecular flexibility index (Phi) is 7.34. The lowest BCUT2D eigenvalue weighted by molar-refractivity contribution is 0.00578. The zero-order chi connectivity index (χ0) is 24.4. The number of nitrogens with zero attached hydrogens (tertiary/aromatic N) is 1. The molecular weight excluding hydrogens is 423 g/mol. The van der Waals surface area contributed by atoms with Gasteiger partial charge in [-0.05, 0) is 73.3 Å². The monoisotopic (exact) mass is 460 g/mol. The van der Waals surface area contributed by atoms with Gasteiger partial charge in [-0.25, -0.2) is 9.59 Å². The number of amides is 2. The second-order valence-electron chi connectivity index (χ2n) is 10.8. The van der Waals surface area contributed by atoms with Crippen molar-refractivity contribution in [2.24, 2.45) is 5.92 Å². The van der Waals surface area contributed by atoms with Crippen LogP contribution in [-0.2, 0) is 18.8 Å². The Bertz CT molecular complexity index is 843. The summed E-state index contributed by atoms with van der Waals surface area (Å²) in [7, 11) is -0.580. The highest BCUT2D eigenvalue weighted by atomic mass is 16.7. The SMILES string of the molecule is CC(C)(C)OC(=O)N1CCC(COC(=O)Nc2ccccc2B2OC(C)(C)C(C)(C)O2)CC1. The largest absolute Gasteiger partial charge is 0.496 e. The van der Waals surface area contributed by atoms with Gasteiger partial charge in [-0.3, -0.25) is 5.32 Å². The third kappa shape index (κ3) is 6.41. The molecule has 0 atom stereocenters. The van der Waals surface area contributed by atoms with E-state index in [1.54, 1.807) is 11.0 Å². The maximum absolute atomic E-state index is 12.5. The Morgan fingerprint density at radius 2 is 1.67 bits per heavy atom. The molecule has 2 aliphatic rings. The van der Waals surface area contributed by atoms with Crippen LogP contribution in [0, 0.1) is 5.92 Å². The fraction of sp³-hybridized carbons (Fsp3) is 0.667. The van der Waals surface area contributed by atoms with E-state index < -0.39 is 30.0 Å². The number of hydrogen-bond donors (Lipinski definition) is 1. The molecule has 2 heterocycles. The van der Waals surface area contributed by atoms with Gasteiger partial charge in [0.15, 0.2) is 0 Å². The van der Waals surface area contributed by atoms with E-state index in [1.165, 1.54) is 0 Å². The van der Waals surface area contributed by atoms with E-state index >= 15 is 0 Å². The number of para-hydroxylation sites is 1. The number of carbonyl (C=O) groups excluding carboxylic acids is 2. The standard InChI is InChI=1S/C24H37BN2O6/c1-22(2,3)31-21(29)27-14-12-17(13-15-27)16-30-20(28)26-19-11-9-8-10-18(19)25-32-23(4,5)24(6,7)33-25/h8-11,17H,12-16H2,1-7H3,(H,26,28). The molecule has 9 heteroatoms. The molecule has 0 bridgehead atoms. The molecule has 2 saturated heterocycles. The van der Waals surface area contributed by atoms with Crippen molar-refractivity contribution in [2.75, 3.05) is 25.0 Å².